The molecule has 0 aliphatic heterocycles. The van der Waals surface area contributed by atoms with Crippen LogP contribution in [0.15, 0.2) is 18.2 Å². The molecular formula is C12H17N3OS. The Bertz CT molecular complexity index is 454. The van der Waals surface area contributed by atoms with Crippen molar-refractivity contribution in [1.29, 1.82) is 5.26 Å². The van der Waals surface area contributed by atoms with Crippen molar-refractivity contribution in [3.8, 4) is 6.07 Å². The van der Waals surface area contributed by atoms with Gasteiger partial charge in [-0.15, -0.1) is 0 Å². The van der Waals surface area contributed by atoms with Crippen molar-refractivity contribution in [2.24, 2.45) is 0 Å². The molecular weight excluding hydrogens is 234 g/mol. The first-order valence-electron chi connectivity index (χ1n) is 5.40. The average Bonchev–Trinajstić information content (AvgIpc) is 2.30. The molecule has 2 unspecified atom stereocenters. The van der Waals surface area contributed by atoms with E-state index < -0.39 is 10.8 Å². The summed E-state index contributed by atoms with van der Waals surface area (Å²) in [4.78, 5) is 0. The molecule has 0 saturated carbocycles. The quantitative estimate of drug-likeness (QED) is 0.781. The Morgan fingerprint density at radius 1 is 1.59 bits per heavy atom. The van der Waals surface area contributed by atoms with Crippen LogP contribution in [0.1, 0.15) is 18.9 Å². The molecule has 0 aliphatic rings. The van der Waals surface area contributed by atoms with Gasteiger partial charge in [-0.1, -0.05) is 6.92 Å². The number of benzene rings is 1. The molecule has 0 saturated heterocycles. The molecule has 0 aliphatic carbocycles. The maximum absolute atomic E-state index is 11.2. The second-order valence-corrected chi connectivity index (χ2v) is 5.74. The summed E-state index contributed by atoms with van der Waals surface area (Å²) in [5.74, 6) is 0. The van der Waals surface area contributed by atoms with Gasteiger partial charge in [0, 0.05) is 28.9 Å². The molecule has 1 rings (SSSR count). The number of nitriles is 1. The molecule has 0 spiro atoms. The predicted molar refractivity (Wildman–Crippen MR) is 72.2 cm³/mol. The predicted octanol–water partition coefficient (Wildman–Crippen LogP) is 1.71. The van der Waals surface area contributed by atoms with E-state index in [0.717, 1.165) is 18.7 Å². The number of nitrogens with two attached hydrogens (primary N) is 1. The van der Waals surface area contributed by atoms with Crippen LogP contribution >= 0.6 is 0 Å². The Kier molecular flexibility index (Phi) is 4.98. The second kappa shape index (κ2) is 6.26. The van der Waals surface area contributed by atoms with Gasteiger partial charge < -0.3 is 11.1 Å². The van der Waals surface area contributed by atoms with E-state index in [1.807, 2.05) is 13.0 Å². The molecule has 0 heterocycles. The molecule has 0 bridgehead atoms. The zero-order chi connectivity index (χ0) is 12.8. The van der Waals surface area contributed by atoms with Crippen LogP contribution in [0.4, 0.5) is 11.4 Å². The fourth-order valence-electron chi connectivity index (χ4n) is 1.37. The lowest BCUT2D eigenvalue weighted by Crippen LogP contribution is -2.15. The van der Waals surface area contributed by atoms with Crippen molar-refractivity contribution in [2.45, 2.75) is 18.6 Å². The third kappa shape index (κ3) is 4.08. The molecule has 0 aromatic heterocycles. The maximum Gasteiger partial charge on any atom is 0.0992 e. The van der Waals surface area contributed by atoms with Crippen molar-refractivity contribution in [3.05, 3.63) is 23.8 Å². The standard InChI is InChI=1S/C12H17N3OS/c1-9(17(2)16)5-6-15-12-4-3-10(8-13)7-11(12)14/h3-4,7,9,15H,5-6,14H2,1-2H3. The van der Waals surface area contributed by atoms with E-state index in [0.29, 0.717) is 11.3 Å². The van der Waals surface area contributed by atoms with E-state index >= 15 is 0 Å². The summed E-state index contributed by atoms with van der Waals surface area (Å²) < 4.78 is 11.2. The highest BCUT2D eigenvalue weighted by molar-refractivity contribution is 7.84. The fraction of sp³-hybridized carbons (Fsp3) is 0.417. The molecule has 0 amide bonds. The normalized spacial score (nSPS) is 13.7. The lowest BCUT2D eigenvalue weighted by atomic mass is 10.2. The summed E-state index contributed by atoms with van der Waals surface area (Å²) >= 11 is 0. The Labute approximate surface area is 104 Å². The van der Waals surface area contributed by atoms with E-state index in [-0.39, 0.29) is 5.25 Å². The van der Waals surface area contributed by atoms with Gasteiger partial charge in [0.1, 0.15) is 0 Å². The molecule has 4 nitrogen and oxygen atoms in total. The number of anilines is 2. The first kappa shape index (κ1) is 13.5. The Morgan fingerprint density at radius 3 is 2.82 bits per heavy atom. The zero-order valence-corrected chi connectivity index (χ0v) is 10.9. The smallest absolute Gasteiger partial charge is 0.0992 e. The highest BCUT2D eigenvalue weighted by Crippen LogP contribution is 2.19. The van der Waals surface area contributed by atoms with Gasteiger partial charge in [-0.3, -0.25) is 4.21 Å². The number of nitrogens with zero attached hydrogens (tertiary/aromatic N) is 1. The lowest BCUT2D eigenvalue weighted by molar-refractivity contribution is 0.672. The van der Waals surface area contributed by atoms with Crippen LogP contribution in [0.25, 0.3) is 0 Å². The van der Waals surface area contributed by atoms with Crippen LogP contribution in [0, 0.1) is 11.3 Å². The van der Waals surface area contributed by atoms with Gasteiger partial charge in [-0.25, -0.2) is 0 Å². The van der Waals surface area contributed by atoms with E-state index in [1.165, 1.54) is 0 Å². The highest BCUT2D eigenvalue weighted by Gasteiger charge is 2.06. The summed E-state index contributed by atoms with van der Waals surface area (Å²) in [6, 6.07) is 7.19. The summed E-state index contributed by atoms with van der Waals surface area (Å²) in [6.45, 7) is 2.68. The van der Waals surface area contributed by atoms with Gasteiger partial charge in [-0.2, -0.15) is 5.26 Å². The largest absolute Gasteiger partial charge is 0.397 e. The molecule has 1 aromatic carbocycles. The van der Waals surface area contributed by atoms with Gasteiger partial charge in [0.05, 0.1) is 23.0 Å². The Hall–Kier alpha value is -1.54. The molecule has 1 aromatic rings. The summed E-state index contributed by atoms with van der Waals surface area (Å²) in [5, 5.41) is 12.1. The number of rotatable bonds is 5. The van der Waals surface area contributed by atoms with E-state index in [1.54, 1.807) is 24.5 Å². The third-order valence-corrected chi connectivity index (χ3v) is 3.98. The van der Waals surface area contributed by atoms with Crippen molar-refractivity contribution in [1.82, 2.24) is 0 Å². The molecule has 5 heteroatoms. The minimum absolute atomic E-state index is 0.169. The third-order valence-electron chi connectivity index (χ3n) is 2.61. The van der Waals surface area contributed by atoms with E-state index in [9.17, 15) is 4.21 Å². The summed E-state index contributed by atoms with van der Waals surface area (Å²) in [5.41, 5.74) is 7.73. The first-order valence-corrected chi connectivity index (χ1v) is 7.02. The molecule has 92 valence electrons. The Balaban J connectivity index is 2.53. The average molecular weight is 251 g/mol. The van der Waals surface area contributed by atoms with Crippen LogP contribution in [0.2, 0.25) is 0 Å². The fourth-order valence-corrected chi connectivity index (χ4v) is 1.82. The summed E-state index contributed by atoms with van der Waals surface area (Å²) in [6.07, 6.45) is 2.53. The van der Waals surface area contributed by atoms with Crippen LogP contribution in [0.3, 0.4) is 0 Å². The van der Waals surface area contributed by atoms with Crippen molar-refractivity contribution in [2.75, 3.05) is 23.9 Å². The SMILES string of the molecule is CC(CCNc1ccc(C#N)cc1N)S(C)=O. The van der Waals surface area contributed by atoms with Gasteiger partial charge in [0.15, 0.2) is 0 Å². The van der Waals surface area contributed by atoms with E-state index in [4.69, 9.17) is 11.0 Å². The number of nitrogens with one attached hydrogen (secondary N) is 1. The highest BCUT2D eigenvalue weighted by atomic mass is 32.2. The van der Waals surface area contributed by atoms with Gasteiger partial charge >= 0.3 is 0 Å². The molecule has 0 radical (unpaired) electrons. The minimum Gasteiger partial charge on any atom is -0.397 e. The molecule has 17 heavy (non-hydrogen) atoms. The van der Waals surface area contributed by atoms with Crippen molar-refractivity contribution in [3.63, 3.8) is 0 Å². The van der Waals surface area contributed by atoms with Crippen LogP contribution in [0.5, 0.6) is 0 Å². The van der Waals surface area contributed by atoms with Crippen LogP contribution in [-0.2, 0) is 10.8 Å². The van der Waals surface area contributed by atoms with Crippen LogP contribution < -0.4 is 11.1 Å². The topological polar surface area (TPSA) is 78.9 Å². The Morgan fingerprint density at radius 2 is 2.29 bits per heavy atom. The number of nitrogen functional groups attached to an aromatic ring is 1. The maximum atomic E-state index is 11.2. The molecule has 3 N–H and O–H groups in total. The van der Waals surface area contributed by atoms with Gasteiger partial charge in [0.25, 0.3) is 0 Å². The minimum atomic E-state index is -0.793. The van der Waals surface area contributed by atoms with Crippen molar-refractivity contribution >= 4 is 22.2 Å². The molecule has 0 fully saturated rings. The molecule has 2 atom stereocenters. The van der Waals surface area contributed by atoms with Crippen molar-refractivity contribution < 1.29 is 4.21 Å². The van der Waals surface area contributed by atoms with Crippen LogP contribution in [-0.4, -0.2) is 22.3 Å². The van der Waals surface area contributed by atoms with Gasteiger partial charge in [0.2, 0.25) is 0 Å². The number of hydrogen-bond donors (Lipinski definition) is 2. The zero-order valence-electron chi connectivity index (χ0n) is 10.1. The monoisotopic (exact) mass is 251 g/mol. The second-order valence-electron chi connectivity index (χ2n) is 3.94. The van der Waals surface area contributed by atoms with Gasteiger partial charge in [-0.05, 0) is 24.6 Å². The lowest BCUT2D eigenvalue weighted by Gasteiger charge is -2.12. The first-order chi connectivity index (χ1) is 8.04. The van der Waals surface area contributed by atoms with E-state index in [2.05, 4.69) is 5.32 Å². The number of hydrogen-bond acceptors (Lipinski definition) is 4. The summed E-state index contributed by atoms with van der Waals surface area (Å²) in [7, 11) is -0.793.